The Balaban J connectivity index is 1.59. The van der Waals surface area contributed by atoms with Crippen molar-refractivity contribution >= 4 is 39.2 Å². The summed E-state index contributed by atoms with van der Waals surface area (Å²) in [5, 5.41) is 2.93. The van der Waals surface area contributed by atoms with Crippen LogP contribution < -0.4 is 10.2 Å². The van der Waals surface area contributed by atoms with Crippen molar-refractivity contribution in [2.24, 2.45) is 0 Å². The molecule has 32 heavy (non-hydrogen) atoms. The molecule has 1 N–H and O–H groups in total. The van der Waals surface area contributed by atoms with E-state index >= 15 is 0 Å². The van der Waals surface area contributed by atoms with Crippen LogP contribution in [0.25, 0.3) is 11.3 Å². The molecule has 1 aliphatic heterocycles. The number of furan rings is 1. The number of nitrogens with one attached hydrogen (secondary N) is 1. The first-order chi connectivity index (χ1) is 15.4. The molecule has 1 aliphatic rings. The van der Waals surface area contributed by atoms with Crippen LogP contribution in [0.1, 0.15) is 20.9 Å². The van der Waals surface area contributed by atoms with Crippen molar-refractivity contribution in [2.45, 2.75) is 0 Å². The number of ether oxygens (including phenoxy) is 1. The van der Waals surface area contributed by atoms with Gasteiger partial charge in [-0.15, -0.1) is 0 Å². The molecule has 1 amide bonds. The van der Waals surface area contributed by atoms with Crippen LogP contribution in [0.15, 0.2) is 63.5 Å². The van der Waals surface area contributed by atoms with Gasteiger partial charge < -0.3 is 24.3 Å². The number of nitrogens with zero attached hydrogens (tertiary/aromatic N) is 2. The van der Waals surface area contributed by atoms with Crippen LogP contribution in [-0.2, 0) is 4.74 Å². The molecule has 7 nitrogen and oxygen atoms in total. The summed E-state index contributed by atoms with van der Waals surface area (Å²) in [5.74, 6) is -0.0484. The predicted octanol–water partition coefficient (Wildman–Crippen LogP) is 4.50. The van der Waals surface area contributed by atoms with Gasteiger partial charge in [0.25, 0.3) is 5.91 Å². The number of rotatable bonds is 5. The average Bonchev–Trinajstić information content (AvgIpc) is 3.30. The van der Waals surface area contributed by atoms with Crippen LogP contribution in [0.4, 0.5) is 11.4 Å². The molecule has 8 heteroatoms. The number of carbonyl (C=O) groups is 2. The van der Waals surface area contributed by atoms with Crippen molar-refractivity contribution in [3.8, 4) is 11.3 Å². The summed E-state index contributed by atoms with van der Waals surface area (Å²) in [6.45, 7) is 3.48. The highest BCUT2D eigenvalue weighted by molar-refractivity contribution is 9.10. The van der Waals surface area contributed by atoms with Gasteiger partial charge in [-0.2, -0.15) is 0 Å². The second kappa shape index (κ2) is 9.58. The Bertz CT molecular complexity index is 1120. The number of esters is 1. The van der Waals surface area contributed by atoms with E-state index in [0.717, 1.165) is 41.9 Å². The number of hydrogen-bond donors (Lipinski definition) is 1. The number of carbonyl (C=O) groups excluding carboxylic acids is 2. The molecule has 166 valence electrons. The third-order valence-electron chi connectivity index (χ3n) is 5.47. The molecule has 0 radical (unpaired) electrons. The number of methoxy groups -OCH3 is 1. The third kappa shape index (κ3) is 4.87. The summed E-state index contributed by atoms with van der Waals surface area (Å²) in [7, 11) is 3.42. The fraction of sp³-hybridized carbons (Fsp3) is 0.250. The number of benzene rings is 2. The monoisotopic (exact) mass is 497 g/mol. The number of piperazine rings is 1. The first kappa shape index (κ1) is 22.1. The van der Waals surface area contributed by atoms with E-state index in [1.807, 2.05) is 30.3 Å². The zero-order valence-electron chi connectivity index (χ0n) is 17.9. The van der Waals surface area contributed by atoms with Gasteiger partial charge in [0.1, 0.15) is 5.76 Å². The first-order valence-corrected chi connectivity index (χ1v) is 11.1. The summed E-state index contributed by atoms with van der Waals surface area (Å²) in [4.78, 5) is 29.5. The van der Waals surface area contributed by atoms with Crippen LogP contribution in [-0.4, -0.2) is 57.1 Å². The Morgan fingerprint density at radius 2 is 1.72 bits per heavy atom. The van der Waals surface area contributed by atoms with Crippen molar-refractivity contribution in [2.75, 3.05) is 50.6 Å². The number of halogens is 1. The van der Waals surface area contributed by atoms with Crippen LogP contribution in [0.5, 0.6) is 0 Å². The zero-order valence-corrected chi connectivity index (χ0v) is 19.5. The smallest absolute Gasteiger partial charge is 0.337 e. The molecule has 1 aromatic heterocycles. The Labute approximate surface area is 195 Å². The molecular weight excluding hydrogens is 474 g/mol. The second-order valence-electron chi connectivity index (χ2n) is 7.64. The molecule has 0 bridgehead atoms. The lowest BCUT2D eigenvalue weighted by molar-refractivity contribution is 0.0600. The van der Waals surface area contributed by atoms with Gasteiger partial charge in [-0.1, -0.05) is 28.1 Å². The van der Waals surface area contributed by atoms with Crippen molar-refractivity contribution in [3.63, 3.8) is 0 Å². The van der Waals surface area contributed by atoms with Crippen LogP contribution in [0.2, 0.25) is 0 Å². The van der Waals surface area contributed by atoms with Crippen molar-refractivity contribution in [3.05, 3.63) is 70.4 Å². The highest BCUT2D eigenvalue weighted by Gasteiger charge is 2.21. The quantitative estimate of drug-likeness (QED) is 0.523. The zero-order chi connectivity index (χ0) is 22.7. The van der Waals surface area contributed by atoms with Crippen LogP contribution in [0.3, 0.4) is 0 Å². The molecule has 4 rings (SSSR count). The minimum absolute atomic E-state index is 0.190. The van der Waals surface area contributed by atoms with Crippen molar-refractivity contribution < 1.29 is 18.7 Å². The maximum Gasteiger partial charge on any atom is 0.337 e. The van der Waals surface area contributed by atoms with E-state index in [0.29, 0.717) is 17.0 Å². The molecular formula is C24H24BrN3O4. The van der Waals surface area contributed by atoms with Gasteiger partial charge in [0.05, 0.1) is 24.0 Å². The normalized spacial score (nSPS) is 14.3. The number of amides is 1. The van der Waals surface area contributed by atoms with Crippen LogP contribution >= 0.6 is 15.9 Å². The second-order valence-corrected chi connectivity index (χ2v) is 8.55. The van der Waals surface area contributed by atoms with Gasteiger partial charge in [-0.3, -0.25) is 4.79 Å². The van der Waals surface area contributed by atoms with E-state index in [1.54, 1.807) is 24.3 Å². The largest absolute Gasteiger partial charge is 0.465 e. The minimum atomic E-state index is -0.457. The van der Waals surface area contributed by atoms with E-state index in [2.05, 4.69) is 38.1 Å². The maximum atomic E-state index is 13.0. The minimum Gasteiger partial charge on any atom is -0.465 e. The molecule has 0 aliphatic carbocycles. The summed E-state index contributed by atoms with van der Waals surface area (Å²) >= 11 is 3.41. The Morgan fingerprint density at radius 3 is 2.41 bits per heavy atom. The maximum absolute atomic E-state index is 13.0. The number of anilines is 2. The SMILES string of the molecule is COC(=O)c1ccc(N2CCN(C)CC2)c(NC(=O)c2ccc(-c3ccc(Br)cc3)o2)c1. The lowest BCUT2D eigenvalue weighted by atomic mass is 10.1. The van der Waals surface area contributed by atoms with Gasteiger partial charge in [0, 0.05) is 36.2 Å². The van der Waals surface area contributed by atoms with E-state index in [4.69, 9.17) is 9.15 Å². The topological polar surface area (TPSA) is 75.0 Å². The molecule has 2 heterocycles. The first-order valence-electron chi connectivity index (χ1n) is 10.3. The highest BCUT2D eigenvalue weighted by atomic mass is 79.9. The lowest BCUT2D eigenvalue weighted by Gasteiger charge is -2.35. The summed E-state index contributed by atoms with van der Waals surface area (Å²) in [5.41, 5.74) is 2.65. The van der Waals surface area contributed by atoms with Gasteiger partial charge in [0.15, 0.2) is 5.76 Å². The molecule has 1 fully saturated rings. The van der Waals surface area contributed by atoms with Crippen LogP contribution in [0, 0.1) is 0 Å². The molecule has 0 unspecified atom stereocenters. The molecule has 0 spiro atoms. The average molecular weight is 498 g/mol. The summed E-state index contributed by atoms with van der Waals surface area (Å²) in [6, 6.07) is 16.3. The Kier molecular flexibility index (Phi) is 6.62. The highest BCUT2D eigenvalue weighted by Crippen LogP contribution is 2.30. The molecule has 3 aromatic rings. The summed E-state index contributed by atoms with van der Waals surface area (Å²) < 4.78 is 11.6. The Hall–Kier alpha value is -3.10. The summed E-state index contributed by atoms with van der Waals surface area (Å²) in [6.07, 6.45) is 0. The molecule has 0 saturated carbocycles. The fourth-order valence-corrected chi connectivity index (χ4v) is 3.88. The predicted molar refractivity (Wildman–Crippen MR) is 127 cm³/mol. The van der Waals surface area contributed by atoms with E-state index in [-0.39, 0.29) is 11.7 Å². The van der Waals surface area contributed by atoms with E-state index < -0.39 is 5.97 Å². The number of likely N-dealkylation sites (N-methyl/N-ethyl adjacent to an activating group) is 1. The van der Waals surface area contributed by atoms with Gasteiger partial charge in [-0.05, 0) is 49.5 Å². The fourth-order valence-electron chi connectivity index (χ4n) is 3.62. The van der Waals surface area contributed by atoms with E-state index in [1.165, 1.54) is 7.11 Å². The van der Waals surface area contributed by atoms with Gasteiger partial charge in [0.2, 0.25) is 0 Å². The third-order valence-corrected chi connectivity index (χ3v) is 6.00. The Morgan fingerprint density at radius 1 is 1.00 bits per heavy atom. The molecule has 0 atom stereocenters. The standard InChI is InChI=1S/C24H24BrN3O4/c1-27-11-13-28(14-12-27)20-8-5-17(24(30)31-2)15-19(20)26-23(29)22-10-9-21(32-22)16-3-6-18(25)7-4-16/h3-10,15H,11-14H2,1-2H3,(H,26,29). The lowest BCUT2D eigenvalue weighted by Crippen LogP contribution is -2.44. The van der Waals surface area contributed by atoms with Gasteiger partial charge in [-0.25, -0.2) is 4.79 Å². The molecule has 2 aromatic carbocycles. The van der Waals surface area contributed by atoms with Gasteiger partial charge >= 0.3 is 5.97 Å². The van der Waals surface area contributed by atoms with Crippen molar-refractivity contribution in [1.29, 1.82) is 0 Å². The number of hydrogen-bond acceptors (Lipinski definition) is 6. The van der Waals surface area contributed by atoms with Crippen molar-refractivity contribution in [1.82, 2.24) is 4.90 Å². The molecule has 1 saturated heterocycles. The van der Waals surface area contributed by atoms with E-state index in [9.17, 15) is 9.59 Å².